The van der Waals surface area contributed by atoms with Gasteiger partial charge in [-0.25, -0.2) is 4.57 Å². The normalized spacial score (nSPS) is 27.2. The fourth-order valence-corrected chi connectivity index (χ4v) is 6.84. The first kappa shape index (κ1) is 18.2. The minimum atomic E-state index is 0.0362. The van der Waals surface area contributed by atoms with Gasteiger partial charge in [0.15, 0.2) is 0 Å². The van der Waals surface area contributed by atoms with Crippen LogP contribution < -0.4 is 4.57 Å². The molecular weight excluding hydrogens is 364 g/mol. The molecule has 6 rings (SSSR count). The Morgan fingerprint density at radius 1 is 1.00 bits per heavy atom. The van der Waals surface area contributed by atoms with Crippen molar-refractivity contribution in [3.05, 3.63) is 83.2 Å². The summed E-state index contributed by atoms with van der Waals surface area (Å²) in [4.78, 5) is 0. The highest BCUT2D eigenvalue weighted by Gasteiger charge is 2.63. The van der Waals surface area contributed by atoms with Gasteiger partial charge in [0.1, 0.15) is 23.6 Å². The molecule has 0 amide bonds. The van der Waals surface area contributed by atoms with Crippen LogP contribution >= 0.6 is 0 Å². The number of benzene rings is 2. The Hall–Kier alpha value is -2.61. The summed E-state index contributed by atoms with van der Waals surface area (Å²) in [5.74, 6) is 2.22. The second-order valence-corrected chi connectivity index (χ2v) is 9.73. The maximum Gasteiger partial charge on any atom is 0.295 e. The standard InChI is InChI=1S/C28H31N2/c1-6-27-14-15-28(27,7-2)30-17-16-29-25-20(18(3)4)10-8-12-22(25)19(5)21-11-9-13-23(27)24(21)26(29)30/h8-19H,6-7H2,1-5H3/q+1. The van der Waals surface area contributed by atoms with Gasteiger partial charge >= 0.3 is 0 Å². The maximum atomic E-state index is 2.61. The Kier molecular flexibility index (Phi) is 3.49. The quantitative estimate of drug-likeness (QED) is 0.360. The van der Waals surface area contributed by atoms with Crippen LogP contribution in [-0.2, 0) is 11.0 Å². The van der Waals surface area contributed by atoms with Crippen LogP contribution in [0.15, 0.2) is 60.9 Å². The zero-order chi connectivity index (χ0) is 20.8. The molecule has 2 heteroatoms. The molecule has 0 bridgehead atoms. The van der Waals surface area contributed by atoms with Crippen LogP contribution in [0, 0.1) is 0 Å². The van der Waals surface area contributed by atoms with Crippen molar-refractivity contribution in [2.45, 2.75) is 70.3 Å². The van der Waals surface area contributed by atoms with E-state index in [1.807, 2.05) is 0 Å². The zero-order valence-corrected chi connectivity index (χ0v) is 18.7. The minimum Gasteiger partial charge on any atom is -0.219 e. The molecule has 2 aromatic carbocycles. The molecule has 0 radical (unpaired) electrons. The van der Waals surface area contributed by atoms with E-state index < -0.39 is 0 Å². The van der Waals surface area contributed by atoms with Crippen LogP contribution in [0.4, 0.5) is 0 Å². The lowest BCUT2D eigenvalue weighted by Crippen LogP contribution is -2.72. The predicted molar refractivity (Wildman–Crippen MR) is 122 cm³/mol. The number of nitrogens with zero attached hydrogens (tertiary/aromatic N) is 2. The molecule has 0 N–H and O–H groups in total. The number of hydrogen-bond acceptors (Lipinski definition) is 0. The Morgan fingerprint density at radius 3 is 2.43 bits per heavy atom. The number of allylic oxidation sites excluding steroid dienone is 2. The molecule has 3 unspecified atom stereocenters. The molecule has 2 nitrogen and oxygen atoms in total. The van der Waals surface area contributed by atoms with Gasteiger partial charge in [-0.15, -0.1) is 0 Å². The van der Waals surface area contributed by atoms with Crippen LogP contribution in [0.2, 0.25) is 0 Å². The van der Waals surface area contributed by atoms with Crippen LogP contribution in [0.25, 0.3) is 17.1 Å². The summed E-state index contributed by atoms with van der Waals surface area (Å²) in [5.41, 5.74) is 8.87. The molecule has 3 aromatic rings. The molecule has 0 spiro atoms. The molecule has 30 heavy (non-hydrogen) atoms. The van der Waals surface area contributed by atoms with Crippen molar-refractivity contribution >= 4 is 0 Å². The highest BCUT2D eigenvalue weighted by molar-refractivity contribution is 5.76. The Morgan fingerprint density at radius 2 is 1.77 bits per heavy atom. The summed E-state index contributed by atoms with van der Waals surface area (Å²) >= 11 is 0. The van der Waals surface area contributed by atoms with Crippen molar-refractivity contribution < 1.29 is 4.57 Å². The van der Waals surface area contributed by atoms with Gasteiger partial charge in [-0.05, 0) is 36.0 Å². The highest BCUT2D eigenvalue weighted by Crippen LogP contribution is 2.59. The number of fused-ring (bicyclic) bond motifs is 5. The third-order valence-corrected chi connectivity index (χ3v) is 8.46. The van der Waals surface area contributed by atoms with E-state index in [2.05, 4.69) is 105 Å². The van der Waals surface area contributed by atoms with E-state index in [9.17, 15) is 0 Å². The monoisotopic (exact) mass is 395 g/mol. The summed E-state index contributed by atoms with van der Waals surface area (Å²) in [6.07, 6.45) is 11.9. The van der Waals surface area contributed by atoms with Gasteiger partial charge in [-0.3, -0.25) is 0 Å². The fraction of sp³-hybridized carbons (Fsp3) is 0.393. The number of rotatable bonds is 3. The Bertz CT molecular complexity index is 1230. The Balaban J connectivity index is 1.82. The maximum absolute atomic E-state index is 2.61. The third-order valence-electron chi connectivity index (χ3n) is 8.46. The van der Waals surface area contributed by atoms with Crippen LogP contribution in [-0.4, -0.2) is 4.57 Å². The van der Waals surface area contributed by atoms with Crippen molar-refractivity contribution in [3.8, 4) is 17.1 Å². The molecule has 1 aromatic heterocycles. The molecule has 0 fully saturated rings. The smallest absolute Gasteiger partial charge is 0.219 e. The summed E-state index contributed by atoms with van der Waals surface area (Å²) in [7, 11) is 0. The first-order chi connectivity index (χ1) is 14.5. The van der Waals surface area contributed by atoms with Crippen LogP contribution in [0.3, 0.4) is 0 Å². The average molecular weight is 396 g/mol. The minimum absolute atomic E-state index is 0.0362. The molecule has 2 aliphatic heterocycles. The van der Waals surface area contributed by atoms with Crippen LogP contribution in [0.1, 0.15) is 81.5 Å². The van der Waals surface area contributed by atoms with Gasteiger partial charge in [0.05, 0.1) is 11.0 Å². The molecule has 3 atom stereocenters. The van der Waals surface area contributed by atoms with E-state index in [0.29, 0.717) is 11.8 Å². The van der Waals surface area contributed by atoms with Gasteiger partial charge in [0.2, 0.25) is 0 Å². The first-order valence-corrected chi connectivity index (χ1v) is 11.6. The average Bonchev–Trinajstić information content (AvgIpc) is 3.13. The van der Waals surface area contributed by atoms with E-state index in [0.717, 1.165) is 12.8 Å². The van der Waals surface area contributed by atoms with Crippen molar-refractivity contribution in [1.29, 1.82) is 0 Å². The van der Waals surface area contributed by atoms with Crippen molar-refractivity contribution in [2.24, 2.45) is 0 Å². The molecule has 3 heterocycles. The van der Waals surface area contributed by atoms with E-state index in [1.165, 1.54) is 39.3 Å². The largest absolute Gasteiger partial charge is 0.295 e. The van der Waals surface area contributed by atoms with Crippen molar-refractivity contribution in [1.82, 2.24) is 4.57 Å². The van der Waals surface area contributed by atoms with Gasteiger partial charge < -0.3 is 0 Å². The molecule has 0 saturated carbocycles. The fourth-order valence-electron chi connectivity index (χ4n) is 6.84. The van der Waals surface area contributed by atoms with Gasteiger partial charge in [-0.2, -0.15) is 4.57 Å². The summed E-state index contributed by atoms with van der Waals surface area (Å²) in [6, 6.07) is 14.0. The second kappa shape index (κ2) is 5.75. The SMILES string of the molecule is CCC12C=CC1(CC)[n+]1ccn3c1-c1c(cccc12)C(C)c1cccc(C(C)C)c1-3. The second-order valence-electron chi connectivity index (χ2n) is 9.73. The van der Waals surface area contributed by atoms with Gasteiger partial charge in [0, 0.05) is 17.0 Å². The predicted octanol–water partition coefficient (Wildman–Crippen LogP) is 6.36. The van der Waals surface area contributed by atoms with Crippen molar-refractivity contribution in [3.63, 3.8) is 0 Å². The molecule has 1 aliphatic carbocycles. The molecule has 3 aliphatic rings. The molecule has 152 valence electrons. The number of aromatic nitrogens is 2. The lowest BCUT2D eigenvalue weighted by molar-refractivity contribution is -0.758. The van der Waals surface area contributed by atoms with Crippen molar-refractivity contribution in [2.75, 3.05) is 0 Å². The van der Waals surface area contributed by atoms with Gasteiger partial charge in [0.25, 0.3) is 5.82 Å². The number of hydrogen-bond donors (Lipinski definition) is 0. The highest BCUT2D eigenvalue weighted by atomic mass is 15.2. The van der Waals surface area contributed by atoms with Crippen LogP contribution in [0.5, 0.6) is 0 Å². The lowest BCUT2D eigenvalue weighted by atomic mass is 9.52. The van der Waals surface area contributed by atoms with E-state index in [1.54, 1.807) is 0 Å². The first-order valence-electron chi connectivity index (χ1n) is 11.6. The third kappa shape index (κ3) is 1.77. The van der Waals surface area contributed by atoms with E-state index in [4.69, 9.17) is 0 Å². The molecular formula is C28H31N2+. The summed E-state index contributed by atoms with van der Waals surface area (Å²) < 4.78 is 5.13. The topological polar surface area (TPSA) is 8.81 Å². The number of para-hydroxylation sites is 1. The Labute approximate surface area is 179 Å². The zero-order valence-electron chi connectivity index (χ0n) is 18.7. The summed E-state index contributed by atoms with van der Waals surface area (Å²) in [5, 5.41) is 0. The number of imidazole rings is 1. The molecule has 0 saturated heterocycles. The van der Waals surface area contributed by atoms with E-state index >= 15 is 0 Å². The van der Waals surface area contributed by atoms with E-state index in [-0.39, 0.29) is 11.0 Å². The lowest BCUT2D eigenvalue weighted by Gasteiger charge is -2.54. The summed E-state index contributed by atoms with van der Waals surface area (Å²) in [6.45, 7) is 11.7. The van der Waals surface area contributed by atoms with Gasteiger partial charge in [-0.1, -0.05) is 77.1 Å².